The van der Waals surface area contributed by atoms with Crippen molar-refractivity contribution in [2.45, 2.75) is 32.2 Å². The Morgan fingerprint density at radius 3 is 2.70 bits per heavy atom. The molecule has 3 rings (SSSR count). The Kier molecular flexibility index (Phi) is 3.22. The molecular formula is C15H19N3O2. The Hall–Kier alpha value is -1.88. The van der Waals surface area contributed by atoms with E-state index in [9.17, 15) is 9.59 Å². The van der Waals surface area contributed by atoms with Crippen LogP contribution in [0, 0.1) is 5.41 Å². The van der Waals surface area contributed by atoms with Crippen LogP contribution in [0.15, 0.2) is 24.3 Å². The van der Waals surface area contributed by atoms with Crippen molar-refractivity contribution >= 4 is 17.6 Å². The molecule has 1 aromatic carbocycles. The number of urea groups is 1. The summed E-state index contributed by atoms with van der Waals surface area (Å²) in [5.41, 5.74) is 6.76. The van der Waals surface area contributed by atoms with Crippen LogP contribution in [0.1, 0.15) is 31.2 Å². The first-order chi connectivity index (χ1) is 9.66. The molecule has 1 saturated carbocycles. The molecule has 2 fully saturated rings. The van der Waals surface area contributed by atoms with E-state index >= 15 is 0 Å². The van der Waals surface area contributed by atoms with Crippen molar-refractivity contribution in [1.29, 1.82) is 0 Å². The van der Waals surface area contributed by atoms with Crippen molar-refractivity contribution in [1.82, 2.24) is 5.32 Å². The van der Waals surface area contributed by atoms with E-state index in [0.29, 0.717) is 18.8 Å². The van der Waals surface area contributed by atoms with Crippen molar-refractivity contribution in [2.24, 2.45) is 11.1 Å². The molecule has 106 valence electrons. The van der Waals surface area contributed by atoms with Gasteiger partial charge in [-0.05, 0) is 30.5 Å². The third-order valence-electron chi connectivity index (χ3n) is 4.40. The van der Waals surface area contributed by atoms with E-state index in [-0.39, 0.29) is 11.9 Å². The monoisotopic (exact) mass is 273 g/mol. The largest absolute Gasteiger partial charge is 0.336 e. The van der Waals surface area contributed by atoms with Crippen LogP contribution in [-0.2, 0) is 11.3 Å². The summed E-state index contributed by atoms with van der Waals surface area (Å²) in [6.45, 7) is 0.861. The van der Waals surface area contributed by atoms with Gasteiger partial charge in [0.15, 0.2) is 0 Å². The summed E-state index contributed by atoms with van der Waals surface area (Å²) in [5.74, 6) is -0.0621. The molecule has 1 aliphatic heterocycles. The van der Waals surface area contributed by atoms with Crippen LogP contribution in [0.2, 0.25) is 0 Å². The van der Waals surface area contributed by atoms with Gasteiger partial charge in [-0.3, -0.25) is 4.79 Å². The van der Waals surface area contributed by atoms with E-state index in [2.05, 4.69) is 5.32 Å². The smallest absolute Gasteiger partial charge is 0.328 e. The lowest BCUT2D eigenvalue weighted by atomic mass is 9.83. The highest BCUT2D eigenvalue weighted by molar-refractivity contribution is 6.18. The molecule has 1 aromatic rings. The van der Waals surface area contributed by atoms with Crippen LogP contribution in [0.4, 0.5) is 10.5 Å². The van der Waals surface area contributed by atoms with E-state index in [1.807, 2.05) is 18.2 Å². The SMILES string of the molecule is NCc1cccc(N2C(=O)NCC3(CCCC3)C2=O)c1. The van der Waals surface area contributed by atoms with Crippen molar-refractivity contribution in [3.8, 4) is 0 Å². The molecule has 0 aromatic heterocycles. The van der Waals surface area contributed by atoms with E-state index < -0.39 is 5.41 Å². The van der Waals surface area contributed by atoms with Gasteiger partial charge in [0.1, 0.15) is 0 Å². The van der Waals surface area contributed by atoms with E-state index in [1.54, 1.807) is 6.07 Å². The summed E-state index contributed by atoms with van der Waals surface area (Å²) in [5, 5.41) is 2.87. The van der Waals surface area contributed by atoms with Gasteiger partial charge in [-0.25, -0.2) is 9.69 Å². The highest BCUT2D eigenvalue weighted by atomic mass is 16.2. The number of imide groups is 1. The van der Waals surface area contributed by atoms with Gasteiger partial charge in [0.05, 0.1) is 11.1 Å². The number of rotatable bonds is 2. The number of hydrogen-bond donors (Lipinski definition) is 2. The van der Waals surface area contributed by atoms with Gasteiger partial charge in [0.25, 0.3) is 0 Å². The Balaban J connectivity index is 1.97. The van der Waals surface area contributed by atoms with Crippen LogP contribution in [0.3, 0.4) is 0 Å². The predicted molar refractivity (Wildman–Crippen MR) is 76.1 cm³/mol. The van der Waals surface area contributed by atoms with Crippen LogP contribution in [-0.4, -0.2) is 18.5 Å². The van der Waals surface area contributed by atoms with Gasteiger partial charge in [-0.15, -0.1) is 0 Å². The number of hydrogen-bond acceptors (Lipinski definition) is 3. The number of benzene rings is 1. The Morgan fingerprint density at radius 1 is 1.25 bits per heavy atom. The molecule has 5 nitrogen and oxygen atoms in total. The summed E-state index contributed by atoms with van der Waals surface area (Å²) in [7, 11) is 0. The summed E-state index contributed by atoms with van der Waals surface area (Å²) in [6.07, 6.45) is 3.83. The first kappa shape index (κ1) is 13.1. The van der Waals surface area contributed by atoms with Gasteiger partial charge in [0, 0.05) is 13.1 Å². The minimum absolute atomic E-state index is 0.0621. The molecule has 3 N–H and O–H groups in total. The first-order valence-electron chi connectivity index (χ1n) is 7.08. The minimum Gasteiger partial charge on any atom is -0.336 e. The molecule has 1 heterocycles. The molecule has 2 aliphatic rings. The molecule has 1 aliphatic carbocycles. The number of anilines is 1. The number of carbonyl (C=O) groups excluding carboxylic acids is 2. The highest BCUT2D eigenvalue weighted by Crippen LogP contribution is 2.41. The predicted octanol–water partition coefficient (Wildman–Crippen LogP) is 1.76. The second-order valence-corrected chi connectivity index (χ2v) is 5.66. The van der Waals surface area contributed by atoms with Crippen molar-refractivity contribution in [3.63, 3.8) is 0 Å². The highest BCUT2D eigenvalue weighted by Gasteiger charge is 2.49. The van der Waals surface area contributed by atoms with E-state index in [0.717, 1.165) is 31.2 Å². The van der Waals surface area contributed by atoms with Gasteiger partial charge in [0.2, 0.25) is 5.91 Å². The maximum absolute atomic E-state index is 12.8. The van der Waals surface area contributed by atoms with Crippen LogP contribution < -0.4 is 16.0 Å². The molecule has 3 amide bonds. The lowest BCUT2D eigenvalue weighted by molar-refractivity contribution is -0.127. The third kappa shape index (κ3) is 1.98. The average Bonchev–Trinajstić information content (AvgIpc) is 2.94. The summed E-state index contributed by atoms with van der Waals surface area (Å²) >= 11 is 0. The summed E-state index contributed by atoms with van der Waals surface area (Å²) in [4.78, 5) is 26.2. The van der Waals surface area contributed by atoms with Gasteiger partial charge in [-0.1, -0.05) is 25.0 Å². The summed E-state index contributed by atoms with van der Waals surface area (Å²) < 4.78 is 0. The van der Waals surface area contributed by atoms with Gasteiger partial charge in [-0.2, -0.15) is 0 Å². The quantitative estimate of drug-likeness (QED) is 0.862. The number of nitrogens with one attached hydrogen (secondary N) is 1. The molecule has 0 radical (unpaired) electrons. The van der Waals surface area contributed by atoms with E-state index in [1.165, 1.54) is 4.90 Å². The molecule has 20 heavy (non-hydrogen) atoms. The zero-order valence-corrected chi connectivity index (χ0v) is 11.4. The fraction of sp³-hybridized carbons (Fsp3) is 0.467. The fourth-order valence-electron chi connectivity index (χ4n) is 3.23. The Labute approximate surface area is 118 Å². The standard InChI is InChI=1S/C15H19N3O2/c16-9-11-4-3-5-12(8-11)18-13(19)15(6-1-2-7-15)10-17-14(18)20/h3-5,8H,1-2,6-7,9-10,16H2,(H,17,20). The van der Waals surface area contributed by atoms with Crippen molar-refractivity contribution < 1.29 is 9.59 Å². The molecule has 0 atom stereocenters. The van der Waals surface area contributed by atoms with Crippen molar-refractivity contribution in [2.75, 3.05) is 11.4 Å². The first-order valence-corrected chi connectivity index (χ1v) is 7.08. The van der Waals surface area contributed by atoms with Gasteiger partial charge >= 0.3 is 6.03 Å². The molecular weight excluding hydrogens is 254 g/mol. The number of nitrogens with two attached hydrogens (primary N) is 1. The zero-order chi connectivity index (χ0) is 14.2. The van der Waals surface area contributed by atoms with Crippen LogP contribution >= 0.6 is 0 Å². The maximum atomic E-state index is 12.8. The van der Waals surface area contributed by atoms with Gasteiger partial charge < -0.3 is 11.1 Å². The topological polar surface area (TPSA) is 75.4 Å². The zero-order valence-electron chi connectivity index (χ0n) is 11.4. The lowest BCUT2D eigenvalue weighted by Crippen LogP contribution is -2.60. The molecule has 5 heteroatoms. The molecule has 1 saturated heterocycles. The third-order valence-corrected chi connectivity index (χ3v) is 4.40. The number of nitrogens with zero attached hydrogens (tertiary/aromatic N) is 1. The fourth-order valence-corrected chi connectivity index (χ4v) is 3.23. The molecule has 0 bridgehead atoms. The Morgan fingerprint density at radius 2 is 2.00 bits per heavy atom. The molecule has 0 unspecified atom stereocenters. The van der Waals surface area contributed by atoms with E-state index in [4.69, 9.17) is 5.73 Å². The Bertz CT molecular complexity index is 550. The second-order valence-electron chi connectivity index (χ2n) is 5.66. The number of carbonyl (C=O) groups is 2. The van der Waals surface area contributed by atoms with Crippen molar-refractivity contribution in [3.05, 3.63) is 29.8 Å². The number of amides is 3. The van der Waals surface area contributed by atoms with Crippen LogP contribution in [0.5, 0.6) is 0 Å². The molecule has 1 spiro atoms. The normalized spacial score (nSPS) is 21.4. The maximum Gasteiger partial charge on any atom is 0.328 e. The minimum atomic E-state index is -0.396. The summed E-state index contributed by atoms with van der Waals surface area (Å²) in [6, 6.07) is 6.98. The average molecular weight is 273 g/mol. The second kappa shape index (κ2) is 4.90. The van der Waals surface area contributed by atoms with Crippen LogP contribution in [0.25, 0.3) is 0 Å². The lowest BCUT2D eigenvalue weighted by Gasteiger charge is -2.38.